The molecule has 1 N–H and O–H groups in total. The predicted octanol–water partition coefficient (Wildman–Crippen LogP) is 4.04. The van der Waals surface area contributed by atoms with E-state index in [1.54, 1.807) is 42.7 Å². The summed E-state index contributed by atoms with van der Waals surface area (Å²) in [6.07, 6.45) is 1.79. The van der Waals surface area contributed by atoms with Crippen LogP contribution in [0.25, 0.3) is 0 Å². The normalized spacial score (nSPS) is 10.6. The van der Waals surface area contributed by atoms with Gasteiger partial charge in [-0.25, -0.2) is 0 Å². The summed E-state index contributed by atoms with van der Waals surface area (Å²) in [6.45, 7) is 5.37. The number of nitrogens with one attached hydrogen (secondary N) is 1. The van der Waals surface area contributed by atoms with Gasteiger partial charge in [-0.2, -0.15) is 0 Å². The molecule has 0 atom stereocenters. The number of nitrogens with zero attached hydrogens (tertiary/aromatic N) is 1. The highest BCUT2D eigenvalue weighted by molar-refractivity contribution is 7.09. The van der Waals surface area contributed by atoms with Crippen LogP contribution in [0.15, 0.2) is 48.4 Å². The van der Waals surface area contributed by atoms with Crippen molar-refractivity contribution in [2.75, 3.05) is 25.5 Å². The van der Waals surface area contributed by atoms with Gasteiger partial charge in [0.05, 0.1) is 19.3 Å². The summed E-state index contributed by atoms with van der Waals surface area (Å²) in [4.78, 5) is 15.6. The molecule has 0 radical (unpaired) electrons. The Morgan fingerprint density at radius 3 is 2.96 bits per heavy atom. The topological polar surface area (TPSA) is 41.6 Å². The fourth-order valence-corrected chi connectivity index (χ4v) is 3.08. The van der Waals surface area contributed by atoms with Crippen molar-refractivity contribution in [3.05, 3.63) is 58.3 Å². The second-order valence-corrected chi connectivity index (χ2v) is 6.40. The number of anilines is 1. The van der Waals surface area contributed by atoms with Crippen molar-refractivity contribution in [1.82, 2.24) is 4.90 Å². The molecule has 0 bridgehead atoms. The largest absolute Gasteiger partial charge is 0.495 e. The maximum absolute atomic E-state index is 12.3. The first-order valence-corrected chi connectivity index (χ1v) is 8.37. The maximum atomic E-state index is 12.3. The molecule has 122 valence electrons. The molecular formula is C17H19ClN2O2S. The van der Waals surface area contributed by atoms with Crippen LogP contribution in [0.2, 0.25) is 5.02 Å². The summed E-state index contributed by atoms with van der Waals surface area (Å²) < 4.78 is 5.24. The second kappa shape index (κ2) is 8.72. The van der Waals surface area contributed by atoms with Crippen molar-refractivity contribution >= 4 is 34.5 Å². The van der Waals surface area contributed by atoms with Gasteiger partial charge in [0, 0.05) is 23.0 Å². The fourth-order valence-electron chi connectivity index (χ4n) is 2.16. The molecule has 0 aliphatic heterocycles. The van der Waals surface area contributed by atoms with Crippen LogP contribution in [0, 0.1) is 0 Å². The van der Waals surface area contributed by atoms with E-state index in [1.165, 1.54) is 4.88 Å². The van der Waals surface area contributed by atoms with Crippen molar-refractivity contribution in [2.45, 2.75) is 6.54 Å². The highest BCUT2D eigenvalue weighted by Crippen LogP contribution is 2.27. The van der Waals surface area contributed by atoms with Gasteiger partial charge in [0.25, 0.3) is 0 Å². The number of amides is 1. The van der Waals surface area contributed by atoms with Gasteiger partial charge in [-0.3, -0.25) is 9.69 Å². The predicted molar refractivity (Wildman–Crippen MR) is 96.4 cm³/mol. The molecule has 1 heterocycles. The van der Waals surface area contributed by atoms with Gasteiger partial charge in [0.15, 0.2) is 0 Å². The first-order chi connectivity index (χ1) is 11.1. The van der Waals surface area contributed by atoms with Gasteiger partial charge in [-0.05, 0) is 29.6 Å². The maximum Gasteiger partial charge on any atom is 0.238 e. The molecule has 1 aromatic carbocycles. The lowest BCUT2D eigenvalue weighted by molar-refractivity contribution is -0.117. The van der Waals surface area contributed by atoms with Crippen molar-refractivity contribution in [2.24, 2.45) is 0 Å². The summed E-state index contributed by atoms with van der Waals surface area (Å²) >= 11 is 7.65. The number of methoxy groups -OCH3 is 1. The quantitative estimate of drug-likeness (QED) is 0.730. The van der Waals surface area contributed by atoms with E-state index in [9.17, 15) is 4.79 Å². The highest BCUT2D eigenvalue weighted by Gasteiger charge is 2.13. The Morgan fingerprint density at radius 1 is 1.48 bits per heavy atom. The first kappa shape index (κ1) is 17.5. The minimum absolute atomic E-state index is 0.121. The second-order valence-electron chi connectivity index (χ2n) is 4.93. The van der Waals surface area contributed by atoms with Crippen molar-refractivity contribution in [3.63, 3.8) is 0 Å². The molecule has 0 saturated carbocycles. The van der Waals surface area contributed by atoms with E-state index in [0.717, 1.165) is 0 Å². The highest BCUT2D eigenvalue weighted by atomic mass is 35.5. The molecule has 0 unspecified atom stereocenters. The average Bonchev–Trinajstić information content (AvgIpc) is 3.00. The van der Waals surface area contributed by atoms with Crippen LogP contribution >= 0.6 is 22.9 Å². The Morgan fingerprint density at radius 2 is 2.30 bits per heavy atom. The summed E-state index contributed by atoms with van der Waals surface area (Å²) in [5.41, 5.74) is 0.569. The zero-order chi connectivity index (χ0) is 16.7. The van der Waals surface area contributed by atoms with Crippen molar-refractivity contribution in [3.8, 4) is 5.75 Å². The molecule has 0 fully saturated rings. The summed E-state index contributed by atoms with van der Waals surface area (Å²) in [5, 5.41) is 5.42. The Balaban J connectivity index is 2.01. The molecule has 0 aliphatic rings. The number of benzene rings is 1. The number of rotatable bonds is 8. The van der Waals surface area contributed by atoms with Crippen LogP contribution in [0.5, 0.6) is 5.75 Å². The van der Waals surface area contributed by atoms with Crippen LogP contribution in [-0.2, 0) is 11.3 Å². The molecule has 2 rings (SSSR count). The van der Waals surface area contributed by atoms with E-state index in [4.69, 9.17) is 16.3 Å². The zero-order valence-corrected chi connectivity index (χ0v) is 14.5. The third kappa shape index (κ3) is 5.39. The molecule has 2 aromatic rings. The van der Waals surface area contributed by atoms with Crippen molar-refractivity contribution in [1.29, 1.82) is 0 Å². The Bertz CT molecular complexity index is 659. The number of carbonyl (C=O) groups is 1. The number of hydrogen-bond donors (Lipinski definition) is 1. The number of hydrogen-bond acceptors (Lipinski definition) is 4. The van der Waals surface area contributed by atoms with Gasteiger partial charge < -0.3 is 10.1 Å². The van der Waals surface area contributed by atoms with Crippen LogP contribution in [0.3, 0.4) is 0 Å². The van der Waals surface area contributed by atoms with E-state index in [2.05, 4.69) is 18.0 Å². The van der Waals surface area contributed by atoms with Crippen LogP contribution in [-0.4, -0.2) is 31.0 Å². The molecule has 4 nitrogen and oxygen atoms in total. The van der Waals surface area contributed by atoms with Crippen LogP contribution in [0.4, 0.5) is 5.69 Å². The Labute approximate surface area is 145 Å². The third-order valence-electron chi connectivity index (χ3n) is 3.15. The van der Waals surface area contributed by atoms with Gasteiger partial charge >= 0.3 is 0 Å². The molecule has 6 heteroatoms. The number of thiophene rings is 1. The minimum atomic E-state index is -0.121. The monoisotopic (exact) mass is 350 g/mol. The molecular weight excluding hydrogens is 332 g/mol. The smallest absolute Gasteiger partial charge is 0.238 e. The Kier molecular flexibility index (Phi) is 6.65. The van der Waals surface area contributed by atoms with Crippen LogP contribution in [0.1, 0.15) is 4.88 Å². The summed E-state index contributed by atoms with van der Waals surface area (Å²) in [7, 11) is 1.56. The lowest BCUT2D eigenvalue weighted by Crippen LogP contribution is -2.32. The fraction of sp³-hybridized carbons (Fsp3) is 0.235. The number of carbonyl (C=O) groups excluding carboxylic acids is 1. The molecule has 1 aromatic heterocycles. The van der Waals surface area contributed by atoms with E-state index in [0.29, 0.717) is 29.5 Å². The lowest BCUT2D eigenvalue weighted by Gasteiger charge is -2.20. The van der Waals surface area contributed by atoms with E-state index in [-0.39, 0.29) is 12.5 Å². The number of ether oxygens (including phenoxy) is 1. The van der Waals surface area contributed by atoms with Gasteiger partial charge in [-0.15, -0.1) is 17.9 Å². The molecule has 0 saturated heterocycles. The van der Waals surface area contributed by atoms with Gasteiger partial charge in [0.2, 0.25) is 5.91 Å². The molecule has 1 amide bonds. The van der Waals surface area contributed by atoms with Crippen molar-refractivity contribution < 1.29 is 9.53 Å². The van der Waals surface area contributed by atoms with E-state index < -0.39 is 0 Å². The minimum Gasteiger partial charge on any atom is -0.495 e. The standard InChI is InChI=1S/C17H19ClN2O2S/c1-3-8-20(11-14-5-4-9-23-14)12-17(21)19-15-10-13(18)6-7-16(15)22-2/h3-7,9-10H,1,8,11-12H2,2H3,(H,19,21). The van der Waals surface area contributed by atoms with Crippen LogP contribution < -0.4 is 10.1 Å². The number of halogens is 1. The summed E-state index contributed by atoms with van der Waals surface area (Å²) in [6, 6.07) is 9.18. The Hall–Kier alpha value is -1.82. The van der Waals surface area contributed by atoms with Gasteiger partial charge in [-0.1, -0.05) is 23.7 Å². The van der Waals surface area contributed by atoms with Gasteiger partial charge in [0.1, 0.15) is 5.75 Å². The van der Waals surface area contributed by atoms with E-state index in [1.807, 2.05) is 16.3 Å². The molecule has 23 heavy (non-hydrogen) atoms. The van der Waals surface area contributed by atoms with E-state index >= 15 is 0 Å². The average molecular weight is 351 g/mol. The third-order valence-corrected chi connectivity index (χ3v) is 4.25. The molecule has 0 spiro atoms. The lowest BCUT2D eigenvalue weighted by atomic mass is 10.3. The molecule has 0 aliphatic carbocycles. The summed E-state index contributed by atoms with van der Waals surface area (Å²) in [5.74, 6) is 0.459. The zero-order valence-electron chi connectivity index (χ0n) is 12.9. The SMILES string of the molecule is C=CCN(CC(=O)Nc1cc(Cl)ccc1OC)Cc1cccs1. The first-order valence-electron chi connectivity index (χ1n) is 7.11.